The Bertz CT molecular complexity index is 684. The summed E-state index contributed by atoms with van der Waals surface area (Å²) in [6.07, 6.45) is -2.86. The van der Waals surface area contributed by atoms with Crippen LogP contribution in [0.5, 0.6) is 0 Å². The van der Waals surface area contributed by atoms with Gasteiger partial charge in [0.15, 0.2) is 11.6 Å². The number of likely N-dealkylation sites (tertiary alicyclic amines) is 1. The molecule has 5 nitrogen and oxygen atoms in total. The quantitative estimate of drug-likeness (QED) is 0.771. The fourth-order valence-electron chi connectivity index (χ4n) is 3.67. The van der Waals surface area contributed by atoms with E-state index < -0.39 is 23.8 Å². The van der Waals surface area contributed by atoms with Gasteiger partial charge in [-0.1, -0.05) is 6.07 Å². The van der Waals surface area contributed by atoms with Crippen molar-refractivity contribution in [3.63, 3.8) is 0 Å². The van der Waals surface area contributed by atoms with Gasteiger partial charge in [-0.15, -0.1) is 0 Å². The Kier molecular flexibility index (Phi) is 7.35. The van der Waals surface area contributed by atoms with Crippen LogP contribution >= 0.6 is 0 Å². The molecule has 0 amide bonds. The maximum Gasteiger partial charge on any atom is 0.490 e. The summed E-state index contributed by atoms with van der Waals surface area (Å²) in [5.41, 5.74) is 0.852. The Labute approximate surface area is 159 Å². The number of hydrogen-bond acceptors (Lipinski definition) is 4. The zero-order chi connectivity index (χ0) is 20.9. The third-order valence-electron chi connectivity index (χ3n) is 4.91. The molecule has 28 heavy (non-hydrogen) atoms. The molecule has 1 aromatic carbocycles. The van der Waals surface area contributed by atoms with Crippen molar-refractivity contribution < 1.29 is 41.3 Å². The van der Waals surface area contributed by atoms with Crippen molar-refractivity contribution in [2.45, 2.75) is 31.7 Å². The number of carboxylic acid groups (broad SMARTS) is 1. The summed E-state index contributed by atoms with van der Waals surface area (Å²) in [4.78, 5) is 11.2. The number of benzene rings is 1. The Balaban J connectivity index is 0.000000345. The summed E-state index contributed by atoms with van der Waals surface area (Å²) < 4.78 is 69.3. The summed E-state index contributed by atoms with van der Waals surface area (Å²) in [7, 11) is 1.72. The number of ether oxygens (including phenoxy) is 2. The van der Waals surface area contributed by atoms with Crippen molar-refractivity contribution in [2.75, 3.05) is 33.4 Å². The van der Waals surface area contributed by atoms with Crippen molar-refractivity contribution in [2.24, 2.45) is 5.41 Å². The SMILES string of the molecule is COC[C@@]12CCO[C@@H]1CCN(Cc1ccc(F)c(F)c1)C2.O=C(O)C(F)(F)F. The monoisotopic (exact) mass is 411 g/mol. The van der Waals surface area contributed by atoms with Gasteiger partial charge < -0.3 is 14.6 Å². The van der Waals surface area contributed by atoms with Crippen LogP contribution in [0, 0.1) is 17.0 Å². The minimum atomic E-state index is -5.08. The van der Waals surface area contributed by atoms with Crippen LogP contribution in [0.25, 0.3) is 0 Å². The third kappa shape index (κ3) is 5.62. The molecule has 2 aliphatic rings. The number of rotatable bonds is 4. The number of carbonyl (C=O) groups is 1. The molecule has 0 spiro atoms. The van der Waals surface area contributed by atoms with Gasteiger partial charge in [-0.3, -0.25) is 4.90 Å². The predicted molar refractivity (Wildman–Crippen MR) is 88.6 cm³/mol. The van der Waals surface area contributed by atoms with Crippen LogP contribution in [-0.4, -0.2) is 61.7 Å². The Hall–Kier alpha value is -1.78. The van der Waals surface area contributed by atoms with Crippen molar-refractivity contribution in [3.8, 4) is 0 Å². The van der Waals surface area contributed by atoms with Gasteiger partial charge in [-0.05, 0) is 30.5 Å². The van der Waals surface area contributed by atoms with Crippen LogP contribution in [0.4, 0.5) is 22.0 Å². The first kappa shape index (κ1) is 22.5. The van der Waals surface area contributed by atoms with Crippen molar-refractivity contribution in [1.29, 1.82) is 0 Å². The zero-order valence-electron chi connectivity index (χ0n) is 15.3. The Morgan fingerprint density at radius 3 is 2.61 bits per heavy atom. The standard InChI is InChI=1S/C16H21F2NO2.C2HF3O2/c1-20-11-16-5-7-21-15(16)4-6-19(10-16)9-12-2-3-13(17)14(18)8-12;3-2(4,5)1(6)7/h2-3,8,15H,4-7,9-11H2,1H3;(H,6,7)/t15-,16+;/m1./s1. The van der Waals surface area contributed by atoms with E-state index >= 15 is 0 Å². The fourth-order valence-corrected chi connectivity index (χ4v) is 3.67. The number of alkyl halides is 3. The van der Waals surface area contributed by atoms with Crippen LogP contribution in [0.3, 0.4) is 0 Å². The van der Waals surface area contributed by atoms with Gasteiger partial charge >= 0.3 is 12.1 Å². The highest BCUT2D eigenvalue weighted by Gasteiger charge is 2.47. The van der Waals surface area contributed by atoms with E-state index in [-0.39, 0.29) is 11.5 Å². The van der Waals surface area contributed by atoms with Crippen LogP contribution in [0.2, 0.25) is 0 Å². The van der Waals surface area contributed by atoms with Gasteiger partial charge in [0, 0.05) is 38.8 Å². The number of piperidine rings is 1. The maximum absolute atomic E-state index is 13.3. The normalized spacial score (nSPS) is 25.0. The van der Waals surface area contributed by atoms with Gasteiger partial charge in [0.25, 0.3) is 0 Å². The minimum Gasteiger partial charge on any atom is -0.475 e. The number of hydrogen-bond donors (Lipinski definition) is 1. The average molecular weight is 411 g/mol. The van der Waals surface area contributed by atoms with Crippen molar-refractivity contribution in [1.82, 2.24) is 4.90 Å². The van der Waals surface area contributed by atoms with Gasteiger partial charge in [-0.2, -0.15) is 13.2 Å². The molecule has 1 N–H and O–H groups in total. The second kappa shape index (κ2) is 9.15. The molecule has 158 valence electrons. The summed E-state index contributed by atoms with van der Waals surface area (Å²) in [5, 5.41) is 7.12. The molecule has 2 heterocycles. The molecular formula is C18H22F5NO4. The van der Waals surface area contributed by atoms with Crippen molar-refractivity contribution in [3.05, 3.63) is 35.4 Å². The van der Waals surface area contributed by atoms with Crippen LogP contribution in [-0.2, 0) is 20.8 Å². The highest BCUT2D eigenvalue weighted by atomic mass is 19.4. The second-order valence-corrected chi connectivity index (χ2v) is 6.96. The molecule has 0 aliphatic carbocycles. The fraction of sp³-hybridized carbons (Fsp3) is 0.611. The van der Waals surface area contributed by atoms with Gasteiger partial charge in [-0.25, -0.2) is 13.6 Å². The van der Waals surface area contributed by atoms with E-state index in [1.54, 1.807) is 13.2 Å². The number of halogens is 5. The minimum absolute atomic E-state index is 0.0472. The van der Waals surface area contributed by atoms with E-state index in [0.717, 1.165) is 38.1 Å². The first-order valence-electron chi connectivity index (χ1n) is 8.64. The van der Waals surface area contributed by atoms with Crippen LogP contribution in [0.15, 0.2) is 18.2 Å². The molecule has 0 bridgehead atoms. The summed E-state index contributed by atoms with van der Waals surface area (Å²) in [6, 6.07) is 4.13. The highest BCUT2D eigenvalue weighted by molar-refractivity contribution is 5.73. The van der Waals surface area contributed by atoms with Gasteiger partial charge in [0.1, 0.15) is 0 Å². The lowest BCUT2D eigenvalue weighted by molar-refractivity contribution is -0.192. The molecule has 2 aliphatic heterocycles. The molecule has 0 aromatic heterocycles. The van der Waals surface area contributed by atoms with Gasteiger partial charge in [0.05, 0.1) is 12.7 Å². The van der Waals surface area contributed by atoms with E-state index in [1.165, 1.54) is 12.1 Å². The topological polar surface area (TPSA) is 59.0 Å². The van der Waals surface area contributed by atoms with Gasteiger partial charge in [0.2, 0.25) is 0 Å². The number of aliphatic carboxylic acids is 1. The molecule has 3 rings (SSSR count). The molecule has 0 unspecified atom stereocenters. The smallest absolute Gasteiger partial charge is 0.475 e. The molecule has 10 heteroatoms. The van der Waals surface area contributed by atoms with E-state index in [0.29, 0.717) is 13.2 Å². The Morgan fingerprint density at radius 2 is 2.04 bits per heavy atom. The van der Waals surface area contributed by atoms with E-state index in [9.17, 15) is 22.0 Å². The first-order chi connectivity index (χ1) is 13.1. The van der Waals surface area contributed by atoms with E-state index in [4.69, 9.17) is 19.4 Å². The van der Waals surface area contributed by atoms with E-state index in [1.807, 2.05) is 0 Å². The Morgan fingerprint density at radius 1 is 1.36 bits per heavy atom. The predicted octanol–water partition coefficient (Wildman–Crippen LogP) is 3.23. The largest absolute Gasteiger partial charge is 0.490 e. The summed E-state index contributed by atoms with van der Waals surface area (Å²) in [6.45, 7) is 3.90. The summed E-state index contributed by atoms with van der Waals surface area (Å²) in [5.74, 6) is -4.33. The molecule has 0 saturated carbocycles. The molecule has 2 atom stereocenters. The van der Waals surface area contributed by atoms with Crippen LogP contribution < -0.4 is 0 Å². The molecule has 1 aromatic rings. The molecular weight excluding hydrogens is 389 g/mol. The highest BCUT2D eigenvalue weighted by Crippen LogP contribution is 2.41. The number of carboxylic acids is 1. The lowest BCUT2D eigenvalue weighted by atomic mass is 9.77. The molecule has 0 radical (unpaired) electrons. The lowest BCUT2D eigenvalue weighted by Crippen LogP contribution is -2.51. The number of methoxy groups -OCH3 is 1. The first-order valence-corrected chi connectivity index (χ1v) is 8.64. The number of nitrogens with zero attached hydrogens (tertiary/aromatic N) is 1. The zero-order valence-corrected chi connectivity index (χ0v) is 15.3. The molecule has 2 saturated heterocycles. The maximum atomic E-state index is 13.3. The third-order valence-corrected chi connectivity index (χ3v) is 4.91. The lowest BCUT2D eigenvalue weighted by Gasteiger charge is -2.43. The van der Waals surface area contributed by atoms with E-state index in [2.05, 4.69) is 4.90 Å². The molecule has 2 fully saturated rings. The van der Waals surface area contributed by atoms with Crippen LogP contribution in [0.1, 0.15) is 18.4 Å². The second-order valence-electron chi connectivity index (χ2n) is 6.96. The van der Waals surface area contributed by atoms with Crippen molar-refractivity contribution >= 4 is 5.97 Å². The summed E-state index contributed by atoms with van der Waals surface area (Å²) >= 11 is 0. The number of fused-ring (bicyclic) bond motifs is 1. The average Bonchev–Trinajstić information content (AvgIpc) is 3.01.